The highest BCUT2D eigenvalue weighted by molar-refractivity contribution is 7.98. The summed E-state index contributed by atoms with van der Waals surface area (Å²) in [4.78, 5) is 13.6. The van der Waals surface area contributed by atoms with E-state index in [1.54, 1.807) is 36.4 Å². The first-order chi connectivity index (χ1) is 13.9. The van der Waals surface area contributed by atoms with Crippen LogP contribution in [0.25, 0.3) is 0 Å². The van der Waals surface area contributed by atoms with Gasteiger partial charge in [0.05, 0.1) is 18.4 Å². The lowest BCUT2D eigenvalue weighted by molar-refractivity contribution is 0.102. The van der Waals surface area contributed by atoms with Crippen LogP contribution in [0, 0.1) is 0 Å². The van der Waals surface area contributed by atoms with Gasteiger partial charge in [0.2, 0.25) is 0 Å². The zero-order valence-corrected chi connectivity index (χ0v) is 17.4. The van der Waals surface area contributed by atoms with Gasteiger partial charge in [-0.1, -0.05) is 6.07 Å². The average molecular weight is 433 g/mol. The van der Waals surface area contributed by atoms with Crippen LogP contribution in [-0.2, 0) is 10.0 Å². The maximum Gasteiger partial charge on any atom is 0.279 e. The van der Waals surface area contributed by atoms with Crippen molar-refractivity contribution in [2.24, 2.45) is 0 Å². The fourth-order valence-corrected chi connectivity index (χ4v) is 4.15. The van der Waals surface area contributed by atoms with Crippen LogP contribution in [-0.4, -0.2) is 37.4 Å². The molecule has 0 fully saturated rings. The van der Waals surface area contributed by atoms with Crippen LogP contribution < -0.4 is 14.8 Å². The molecule has 152 valence electrons. The minimum Gasteiger partial charge on any atom is -0.494 e. The molecule has 0 aliphatic carbocycles. The molecule has 2 aromatic carbocycles. The van der Waals surface area contributed by atoms with Crippen molar-refractivity contribution in [3.05, 3.63) is 60.3 Å². The van der Waals surface area contributed by atoms with Crippen LogP contribution in [0.15, 0.2) is 64.6 Å². The van der Waals surface area contributed by atoms with Crippen molar-refractivity contribution in [3.63, 3.8) is 0 Å². The molecule has 0 saturated carbocycles. The van der Waals surface area contributed by atoms with E-state index in [0.717, 1.165) is 4.90 Å². The number of aromatic nitrogens is 2. The summed E-state index contributed by atoms with van der Waals surface area (Å²) in [7, 11) is -4.05. The Bertz CT molecular complexity index is 1100. The Labute approximate surface area is 173 Å². The minimum absolute atomic E-state index is 0.0852. The zero-order chi connectivity index (χ0) is 20.9. The maximum atomic E-state index is 12.8. The Morgan fingerprint density at radius 2 is 1.93 bits per heavy atom. The second-order valence-electron chi connectivity index (χ2n) is 5.86. The molecule has 1 heterocycles. The summed E-state index contributed by atoms with van der Waals surface area (Å²) in [5.74, 6) is 0.0496. The van der Waals surface area contributed by atoms with Gasteiger partial charge in [-0.25, -0.2) is 0 Å². The molecule has 0 aliphatic rings. The standard InChI is InChI=1S/C19H20N4O4S2/c1-3-27-15-9-7-13(8-10-15)23-29(25,26)19-17(12-20-22-19)18(24)21-14-5-4-6-16(11-14)28-2/h4-12,23H,3H2,1-2H3,(H,20,22)(H,21,24). The Balaban J connectivity index is 1.79. The number of aromatic amines is 1. The van der Waals surface area contributed by atoms with Gasteiger partial charge < -0.3 is 10.1 Å². The second kappa shape index (κ2) is 9.01. The summed E-state index contributed by atoms with van der Waals surface area (Å²) >= 11 is 1.54. The lowest BCUT2D eigenvalue weighted by atomic mass is 10.3. The molecule has 1 aromatic heterocycles. The number of nitrogens with zero attached hydrogens (tertiary/aromatic N) is 1. The molecule has 10 heteroatoms. The number of H-pyrrole nitrogens is 1. The molecule has 8 nitrogen and oxygen atoms in total. The van der Waals surface area contributed by atoms with E-state index in [4.69, 9.17) is 4.74 Å². The molecule has 0 atom stereocenters. The molecule has 0 radical (unpaired) electrons. The number of hydrogen-bond acceptors (Lipinski definition) is 6. The predicted molar refractivity (Wildman–Crippen MR) is 113 cm³/mol. The maximum absolute atomic E-state index is 12.8. The normalized spacial score (nSPS) is 11.1. The third-order valence-corrected chi connectivity index (χ3v) is 5.94. The third-order valence-electron chi connectivity index (χ3n) is 3.86. The van der Waals surface area contributed by atoms with Gasteiger partial charge in [0.25, 0.3) is 15.9 Å². The number of thioether (sulfide) groups is 1. The number of benzene rings is 2. The molecule has 0 bridgehead atoms. The number of nitrogens with one attached hydrogen (secondary N) is 3. The molecule has 0 spiro atoms. The lowest BCUT2D eigenvalue weighted by Gasteiger charge is -2.10. The number of amides is 1. The van der Waals surface area contributed by atoms with Crippen LogP contribution >= 0.6 is 11.8 Å². The fourth-order valence-electron chi connectivity index (χ4n) is 2.53. The Morgan fingerprint density at radius 1 is 1.17 bits per heavy atom. The summed E-state index contributed by atoms with van der Waals surface area (Å²) in [6.07, 6.45) is 3.11. The molecule has 3 aromatic rings. The first kappa shape index (κ1) is 20.7. The predicted octanol–water partition coefficient (Wildman–Crippen LogP) is 3.58. The first-order valence-electron chi connectivity index (χ1n) is 8.67. The van der Waals surface area contributed by atoms with Gasteiger partial charge in [0.1, 0.15) is 5.75 Å². The van der Waals surface area contributed by atoms with Crippen molar-refractivity contribution in [1.29, 1.82) is 0 Å². The van der Waals surface area contributed by atoms with Crippen LogP contribution in [0.4, 0.5) is 11.4 Å². The van der Waals surface area contributed by atoms with Crippen molar-refractivity contribution >= 4 is 39.1 Å². The summed E-state index contributed by atoms with van der Waals surface area (Å²) in [5.41, 5.74) is 0.811. The van der Waals surface area contributed by atoms with E-state index in [1.807, 2.05) is 25.3 Å². The van der Waals surface area contributed by atoms with Crippen LogP contribution in [0.1, 0.15) is 17.3 Å². The number of carbonyl (C=O) groups excluding carboxylic acids is 1. The van der Waals surface area contributed by atoms with Crippen molar-refractivity contribution < 1.29 is 17.9 Å². The third kappa shape index (κ3) is 5.09. The number of rotatable bonds is 8. The minimum atomic E-state index is -4.05. The SMILES string of the molecule is CCOc1ccc(NS(=O)(=O)c2[nH]ncc2C(=O)Nc2cccc(SC)c2)cc1. The number of carbonyl (C=O) groups is 1. The van der Waals surface area contributed by atoms with E-state index in [-0.39, 0.29) is 10.6 Å². The molecular formula is C19H20N4O4S2. The van der Waals surface area contributed by atoms with Crippen LogP contribution in [0.3, 0.4) is 0 Å². The number of anilines is 2. The molecular weight excluding hydrogens is 412 g/mol. The van der Waals surface area contributed by atoms with Crippen LogP contribution in [0.2, 0.25) is 0 Å². The summed E-state index contributed by atoms with van der Waals surface area (Å²) < 4.78 is 33.3. The van der Waals surface area contributed by atoms with Gasteiger partial charge >= 0.3 is 0 Å². The van der Waals surface area contributed by atoms with E-state index < -0.39 is 15.9 Å². The van der Waals surface area contributed by atoms with E-state index in [9.17, 15) is 13.2 Å². The van der Waals surface area contributed by atoms with Gasteiger partial charge in [-0.05, 0) is 55.6 Å². The van der Waals surface area contributed by atoms with Gasteiger partial charge in [-0.2, -0.15) is 13.5 Å². The van der Waals surface area contributed by atoms with Crippen molar-refractivity contribution in [1.82, 2.24) is 10.2 Å². The van der Waals surface area contributed by atoms with Gasteiger partial charge in [-0.15, -0.1) is 11.8 Å². The molecule has 0 aliphatic heterocycles. The van der Waals surface area contributed by atoms with Gasteiger partial charge in [0, 0.05) is 16.3 Å². The van der Waals surface area contributed by atoms with E-state index >= 15 is 0 Å². The van der Waals surface area contributed by atoms with E-state index in [0.29, 0.717) is 23.7 Å². The molecule has 0 saturated heterocycles. The number of ether oxygens (including phenoxy) is 1. The lowest BCUT2D eigenvalue weighted by Crippen LogP contribution is -2.19. The quantitative estimate of drug-likeness (QED) is 0.469. The monoisotopic (exact) mass is 432 g/mol. The molecule has 3 rings (SSSR count). The smallest absolute Gasteiger partial charge is 0.279 e. The van der Waals surface area contributed by atoms with Crippen molar-refractivity contribution in [2.45, 2.75) is 16.8 Å². The molecule has 1 amide bonds. The highest BCUT2D eigenvalue weighted by atomic mass is 32.2. The first-order valence-corrected chi connectivity index (χ1v) is 11.4. The van der Waals surface area contributed by atoms with Crippen molar-refractivity contribution in [3.8, 4) is 5.75 Å². The van der Waals surface area contributed by atoms with Crippen molar-refractivity contribution in [2.75, 3.05) is 22.9 Å². The Hall–Kier alpha value is -2.98. The Kier molecular flexibility index (Phi) is 6.45. The molecule has 29 heavy (non-hydrogen) atoms. The number of sulfonamides is 1. The highest BCUT2D eigenvalue weighted by Crippen LogP contribution is 2.22. The zero-order valence-electron chi connectivity index (χ0n) is 15.8. The number of hydrogen-bond donors (Lipinski definition) is 3. The highest BCUT2D eigenvalue weighted by Gasteiger charge is 2.25. The fraction of sp³-hybridized carbons (Fsp3) is 0.158. The summed E-state index contributed by atoms with van der Waals surface area (Å²) in [6.45, 7) is 2.37. The van der Waals surface area contributed by atoms with E-state index in [2.05, 4.69) is 20.2 Å². The largest absolute Gasteiger partial charge is 0.494 e. The summed E-state index contributed by atoms with van der Waals surface area (Å²) in [5, 5.41) is 8.51. The van der Waals surface area contributed by atoms with Gasteiger partial charge in [-0.3, -0.25) is 14.6 Å². The van der Waals surface area contributed by atoms with E-state index in [1.165, 1.54) is 18.0 Å². The average Bonchev–Trinajstić information content (AvgIpc) is 3.21. The van der Waals surface area contributed by atoms with Gasteiger partial charge in [0.15, 0.2) is 5.03 Å². The Morgan fingerprint density at radius 3 is 2.62 bits per heavy atom. The topological polar surface area (TPSA) is 113 Å². The van der Waals surface area contributed by atoms with Crippen LogP contribution in [0.5, 0.6) is 5.75 Å². The second-order valence-corrected chi connectivity index (χ2v) is 8.36. The molecule has 3 N–H and O–H groups in total. The molecule has 0 unspecified atom stereocenters. The summed E-state index contributed by atoms with van der Waals surface area (Å²) in [6, 6.07) is 13.7.